The van der Waals surface area contributed by atoms with Gasteiger partial charge in [0.05, 0.1) is 36.6 Å². The van der Waals surface area contributed by atoms with Crippen LogP contribution in [0.3, 0.4) is 0 Å². The zero-order valence-corrected chi connectivity index (χ0v) is 32.0. The maximum Gasteiger partial charge on any atom is 0.309 e. The second-order valence-corrected chi connectivity index (χ2v) is 19.1. The van der Waals surface area contributed by atoms with Crippen LogP contribution in [-0.2, 0) is 30.5 Å². The van der Waals surface area contributed by atoms with Crippen LogP contribution in [0.2, 0.25) is 0 Å². The second kappa shape index (κ2) is 12.4. The summed E-state index contributed by atoms with van der Waals surface area (Å²) < 4.78 is 11.6. The first-order valence-electron chi connectivity index (χ1n) is 19.2. The predicted octanol–water partition coefficient (Wildman–Crippen LogP) is 8.33. The number of nitrogens with one attached hydrogen (secondary N) is 1. The smallest absolute Gasteiger partial charge is 0.309 e. The summed E-state index contributed by atoms with van der Waals surface area (Å²) >= 11 is 0. The molecule has 8 heteroatoms. The third kappa shape index (κ3) is 5.47. The summed E-state index contributed by atoms with van der Waals surface area (Å²) in [4.78, 5) is 53.1. The third-order valence-electron chi connectivity index (χ3n) is 15.5. The van der Waals surface area contributed by atoms with Crippen LogP contribution >= 0.6 is 0 Å². The Morgan fingerprint density at radius 2 is 1.70 bits per heavy atom. The van der Waals surface area contributed by atoms with Crippen molar-refractivity contribution in [3.63, 3.8) is 0 Å². The molecular formula is C42H61NO7. The Labute approximate surface area is 298 Å². The van der Waals surface area contributed by atoms with E-state index in [0.29, 0.717) is 24.8 Å². The van der Waals surface area contributed by atoms with Crippen LogP contribution in [0.5, 0.6) is 0 Å². The number of esters is 1. The van der Waals surface area contributed by atoms with E-state index in [-0.39, 0.29) is 64.1 Å². The first-order chi connectivity index (χ1) is 23.2. The fourth-order valence-electron chi connectivity index (χ4n) is 12.7. The van der Waals surface area contributed by atoms with Gasteiger partial charge in [0.25, 0.3) is 0 Å². The molecule has 0 amide bonds. The van der Waals surface area contributed by atoms with Crippen molar-refractivity contribution >= 4 is 23.5 Å². The normalized spacial score (nSPS) is 37.8. The molecule has 0 aromatic carbocycles. The maximum atomic E-state index is 14.4. The Morgan fingerprint density at radius 3 is 2.34 bits per heavy atom. The van der Waals surface area contributed by atoms with Crippen molar-refractivity contribution in [3.8, 4) is 0 Å². The topological polar surface area (TPSA) is 123 Å². The highest BCUT2D eigenvalue weighted by atomic mass is 16.5. The van der Waals surface area contributed by atoms with Crippen LogP contribution in [-0.4, -0.2) is 41.3 Å². The number of hydrogen-bond donors (Lipinski definition) is 2. The summed E-state index contributed by atoms with van der Waals surface area (Å²) in [6, 6.07) is 3.75. The minimum atomic E-state index is -1.17. The quantitative estimate of drug-likeness (QED) is 0.235. The molecule has 1 aromatic heterocycles. The molecule has 1 unspecified atom stereocenters. The zero-order chi connectivity index (χ0) is 36.7. The summed E-state index contributed by atoms with van der Waals surface area (Å²) in [5, 5.41) is 12.9. The number of carbonyl (C=O) groups excluding carboxylic acids is 3. The molecule has 5 aliphatic carbocycles. The van der Waals surface area contributed by atoms with E-state index < -0.39 is 22.8 Å². The molecule has 8 nitrogen and oxygen atoms in total. The molecular weight excluding hydrogens is 630 g/mol. The number of allylic oxidation sites excluding steroid dienone is 2. The molecule has 0 bridgehead atoms. The predicted molar refractivity (Wildman–Crippen MR) is 191 cm³/mol. The van der Waals surface area contributed by atoms with Gasteiger partial charge in [-0.2, -0.15) is 0 Å². The van der Waals surface area contributed by atoms with Gasteiger partial charge in [-0.1, -0.05) is 48.5 Å². The number of fused-ring (bicyclic) bond motifs is 7. The lowest BCUT2D eigenvalue weighted by Gasteiger charge is -2.72. The molecule has 1 aromatic rings. The first-order valence-corrected chi connectivity index (χ1v) is 19.2. The number of furan rings is 1. The summed E-state index contributed by atoms with van der Waals surface area (Å²) in [5.74, 6) is 0.778. The van der Waals surface area contributed by atoms with Crippen molar-refractivity contribution in [1.29, 1.82) is 0 Å². The van der Waals surface area contributed by atoms with E-state index in [4.69, 9.17) is 9.15 Å². The number of aliphatic carboxylic acids is 1. The molecule has 0 spiro atoms. The van der Waals surface area contributed by atoms with E-state index in [1.807, 2.05) is 12.1 Å². The standard InChI is InChI=1S/C42H61NO7/c1-25(2)34-28(44)21-42(31(45)24-43-23-26-11-10-20-49-26)19-18-40(8)27(35(34)42)12-13-30-39(7)16-15-32(50-33(46)22-37(3,4)36(47)48)38(5,6)29(39)14-17-41(30,40)9/h10-11,20,25,27,29-30,32,43H,12-19,21-24H2,1-9H3,(H,47,48)/t27-,29?,30-,32+,39+,40-,41-,42+/m1/s1. The molecule has 2 N–H and O–H groups in total. The summed E-state index contributed by atoms with van der Waals surface area (Å²) in [5.41, 5.74) is -0.00419. The molecule has 276 valence electrons. The maximum absolute atomic E-state index is 14.4. The lowest BCUT2D eigenvalue weighted by Crippen LogP contribution is -2.66. The highest BCUT2D eigenvalue weighted by molar-refractivity contribution is 6.07. The van der Waals surface area contributed by atoms with Crippen LogP contribution in [0.25, 0.3) is 0 Å². The van der Waals surface area contributed by atoms with Crippen LogP contribution in [0.4, 0.5) is 0 Å². The molecule has 0 saturated heterocycles. The highest BCUT2D eigenvalue weighted by Crippen LogP contribution is 2.76. The van der Waals surface area contributed by atoms with E-state index in [1.165, 1.54) is 5.57 Å². The second-order valence-electron chi connectivity index (χ2n) is 19.1. The minimum Gasteiger partial charge on any atom is -0.481 e. The third-order valence-corrected chi connectivity index (χ3v) is 15.5. The molecule has 0 aliphatic heterocycles. The molecule has 50 heavy (non-hydrogen) atoms. The van der Waals surface area contributed by atoms with Gasteiger partial charge in [-0.25, -0.2) is 0 Å². The molecule has 4 fully saturated rings. The van der Waals surface area contributed by atoms with Crippen molar-refractivity contribution in [2.75, 3.05) is 6.54 Å². The molecule has 0 radical (unpaired) electrons. The Morgan fingerprint density at radius 1 is 0.980 bits per heavy atom. The van der Waals surface area contributed by atoms with Crippen molar-refractivity contribution < 1.29 is 33.4 Å². The number of carboxylic acids is 1. The Hall–Kier alpha value is -2.74. The van der Waals surface area contributed by atoms with E-state index in [1.54, 1.807) is 20.1 Å². The molecule has 4 saturated carbocycles. The van der Waals surface area contributed by atoms with Crippen molar-refractivity contribution in [1.82, 2.24) is 5.32 Å². The van der Waals surface area contributed by atoms with Gasteiger partial charge in [0.15, 0.2) is 11.6 Å². The number of carboxylic acid groups (broad SMARTS) is 1. The SMILES string of the molecule is CC(C)C1=C2[C@H]3CC[C@@H]4[C@@]5(C)CC[C@H](OC(=O)CC(C)(C)C(=O)O)C(C)(C)C5CC[C@@]4(C)[C@]3(C)CC[C@@]2(C(=O)CNCc2ccco2)CC1=O. The molecule has 1 heterocycles. The van der Waals surface area contributed by atoms with Gasteiger partial charge in [-0.15, -0.1) is 0 Å². The van der Waals surface area contributed by atoms with Crippen molar-refractivity contribution in [2.45, 2.75) is 139 Å². The van der Waals surface area contributed by atoms with E-state index >= 15 is 0 Å². The number of Topliss-reactive ketones (excluding diaryl/α,β-unsaturated/α-hetero) is 2. The van der Waals surface area contributed by atoms with Crippen LogP contribution in [0, 0.1) is 56.2 Å². The van der Waals surface area contributed by atoms with Gasteiger partial charge in [-0.3, -0.25) is 19.2 Å². The van der Waals surface area contributed by atoms with Gasteiger partial charge in [0, 0.05) is 11.8 Å². The lowest BCUT2D eigenvalue weighted by molar-refractivity contribution is -0.233. The fourth-order valence-corrected chi connectivity index (χ4v) is 12.7. The van der Waals surface area contributed by atoms with Gasteiger partial charge in [-0.05, 0) is 128 Å². The Balaban J connectivity index is 1.27. The van der Waals surface area contributed by atoms with E-state index in [2.05, 4.69) is 53.8 Å². The summed E-state index contributed by atoms with van der Waals surface area (Å²) in [6.45, 7) is 20.1. The van der Waals surface area contributed by atoms with Gasteiger partial charge >= 0.3 is 11.9 Å². The monoisotopic (exact) mass is 691 g/mol. The van der Waals surface area contributed by atoms with E-state index in [0.717, 1.165) is 62.7 Å². The van der Waals surface area contributed by atoms with Crippen LogP contribution < -0.4 is 5.32 Å². The Kier molecular flexibility index (Phi) is 9.22. The lowest BCUT2D eigenvalue weighted by atomic mass is 9.33. The Bertz CT molecular complexity index is 1570. The number of hydrogen-bond acceptors (Lipinski definition) is 7. The molecule has 5 aliphatic rings. The summed E-state index contributed by atoms with van der Waals surface area (Å²) in [7, 11) is 0. The number of ketones is 2. The average molecular weight is 692 g/mol. The fraction of sp³-hybridized carbons (Fsp3) is 0.762. The van der Waals surface area contributed by atoms with Gasteiger partial charge < -0.3 is 19.6 Å². The van der Waals surface area contributed by atoms with Gasteiger partial charge in [0.1, 0.15) is 11.9 Å². The number of ether oxygens (including phenoxy) is 1. The van der Waals surface area contributed by atoms with Crippen molar-refractivity contribution in [3.05, 3.63) is 35.3 Å². The number of rotatable bonds is 10. The average Bonchev–Trinajstić information content (AvgIpc) is 3.64. The molecule has 6 rings (SSSR count). The van der Waals surface area contributed by atoms with E-state index in [9.17, 15) is 24.3 Å². The first kappa shape index (κ1) is 37.0. The highest BCUT2D eigenvalue weighted by Gasteiger charge is 2.71. The van der Waals surface area contributed by atoms with Crippen LogP contribution in [0.1, 0.15) is 132 Å². The number of carbonyl (C=O) groups is 4. The van der Waals surface area contributed by atoms with Crippen LogP contribution in [0.15, 0.2) is 34.0 Å². The van der Waals surface area contributed by atoms with Gasteiger partial charge in [0.2, 0.25) is 0 Å². The van der Waals surface area contributed by atoms with Crippen molar-refractivity contribution in [2.24, 2.45) is 56.2 Å². The largest absolute Gasteiger partial charge is 0.481 e. The summed E-state index contributed by atoms with van der Waals surface area (Å²) in [6.07, 6.45) is 9.07. The zero-order valence-electron chi connectivity index (χ0n) is 32.0. The molecule has 8 atom stereocenters. The minimum absolute atomic E-state index is 0.0275.